The average molecular weight is 494 g/mol. The molecule has 6 nitrogen and oxygen atoms in total. The van der Waals surface area contributed by atoms with Crippen LogP contribution < -0.4 is 14.4 Å². The van der Waals surface area contributed by atoms with Gasteiger partial charge in [-0.2, -0.15) is 0 Å². The lowest BCUT2D eigenvalue weighted by Gasteiger charge is -2.26. The van der Waals surface area contributed by atoms with Gasteiger partial charge in [0.2, 0.25) is 0 Å². The first-order chi connectivity index (χ1) is 15.5. The minimum absolute atomic E-state index is 0.00777. The minimum Gasteiger partial charge on any atom is -0.507 e. The van der Waals surface area contributed by atoms with Gasteiger partial charge < -0.3 is 14.6 Å². The van der Waals surface area contributed by atoms with Crippen molar-refractivity contribution in [2.45, 2.75) is 6.04 Å². The highest BCUT2D eigenvalue weighted by molar-refractivity contribution is 9.10. The molecule has 1 atom stereocenters. The number of methoxy groups -OCH3 is 2. The van der Waals surface area contributed by atoms with Crippen molar-refractivity contribution in [3.05, 3.63) is 94.0 Å². The molecular weight excluding hydrogens is 474 g/mol. The third-order valence-electron chi connectivity index (χ3n) is 5.30. The maximum Gasteiger partial charge on any atom is 0.300 e. The zero-order valence-electron chi connectivity index (χ0n) is 17.4. The van der Waals surface area contributed by atoms with Crippen LogP contribution in [0.3, 0.4) is 0 Å². The van der Waals surface area contributed by atoms with Gasteiger partial charge in [0.1, 0.15) is 5.76 Å². The molecule has 0 saturated carbocycles. The second-order valence-electron chi connectivity index (χ2n) is 7.13. The number of halogens is 1. The number of aliphatic hydroxyl groups is 1. The number of amides is 1. The van der Waals surface area contributed by atoms with E-state index >= 15 is 0 Å². The molecule has 1 heterocycles. The van der Waals surface area contributed by atoms with Crippen molar-refractivity contribution in [3.8, 4) is 11.5 Å². The van der Waals surface area contributed by atoms with Gasteiger partial charge in [0.15, 0.2) is 11.5 Å². The standard InChI is InChI=1S/C25H20BrNO5/c1-31-19-12-11-16(13-20(19)32-2)22-21(23(28)15-7-4-3-5-8-15)24(29)25(30)27(22)18-10-6-9-17(26)14-18/h3-14,22,28H,1-2H3/t22-/m1/s1. The molecule has 1 N–H and O–H groups in total. The zero-order valence-corrected chi connectivity index (χ0v) is 19.0. The number of nitrogens with zero attached hydrogens (tertiary/aromatic N) is 1. The summed E-state index contributed by atoms with van der Waals surface area (Å²) in [5.41, 5.74) is 1.58. The second kappa shape index (κ2) is 8.88. The number of carbonyl (C=O) groups is 2. The number of rotatable bonds is 5. The van der Waals surface area contributed by atoms with Crippen molar-refractivity contribution in [3.63, 3.8) is 0 Å². The first kappa shape index (κ1) is 21.6. The van der Waals surface area contributed by atoms with Crippen LogP contribution in [0.1, 0.15) is 17.2 Å². The highest BCUT2D eigenvalue weighted by Gasteiger charge is 2.47. The van der Waals surface area contributed by atoms with E-state index in [1.54, 1.807) is 60.7 Å². The van der Waals surface area contributed by atoms with Crippen LogP contribution in [0.15, 0.2) is 82.8 Å². The molecule has 1 fully saturated rings. The molecule has 0 aromatic heterocycles. The lowest BCUT2D eigenvalue weighted by atomic mass is 9.94. The average Bonchev–Trinajstić information content (AvgIpc) is 3.09. The van der Waals surface area contributed by atoms with Crippen LogP contribution in [0.25, 0.3) is 5.76 Å². The van der Waals surface area contributed by atoms with E-state index in [2.05, 4.69) is 15.9 Å². The predicted molar refractivity (Wildman–Crippen MR) is 125 cm³/mol. The van der Waals surface area contributed by atoms with Gasteiger partial charge in [-0.05, 0) is 35.9 Å². The van der Waals surface area contributed by atoms with Gasteiger partial charge in [0, 0.05) is 15.7 Å². The third-order valence-corrected chi connectivity index (χ3v) is 5.79. The number of Topliss-reactive ketones (excluding diaryl/α,β-unsaturated/α-hetero) is 1. The summed E-state index contributed by atoms with van der Waals surface area (Å²) in [5.74, 6) is -0.754. The number of ether oxygens (including phenoxy) is 2. The van der Waals surface area contributed by atoms with Crippen LogP contribution in [0, 0.1) is 0 Å². The molecule has 1 aliphatic rings. The maximum atomic E-state index is 13.2. The van der Waals surface area contributed by atoms with Crippen molar-refractivity contribution in [1.82, 2.24) is 0 Å². The zero-order chi connectivity index (χ0) is 22.8. The molecule has 1 amide bonds. The molecular formula is C25H20BrNO5. The Morgan fingerprint density at radius 2 is 1.62 bits per heavy atom. The third kappa shape index (κ3) is 3.76. The lowest BCUT2D eigenvalue weighted by Crippen LogP contribution is -2.29. The summed E-state index contributed by atoms with van der Waals surface area (Å²) >= 11 is 3.42. The Morgan fingerprint density at radius 1 is 0.906 bits per heavy atom. The van der Waals surface area contributed by atoms with Crippen LogP contribution in [0.4, 0.5) is 5.69 Å². The van der Waals surface area contributed by atoms with E-state index in [4.69, 9.17) is 9.47 Å². The Hall–Kier alpha value is -3.58. The quantitative estimate of drug-likeness (QED) is 0.304. The normalized spacial score (nSPS) is 17.5. The lowest BCUT2D eigenvalue weighted by molar-refractivity contribution is -0.132. The fourth-order valence-corrected chi connectivity index (χ4v) is 4.20. The largest absolute Gasteiger partial charge is 0.507 e. The highest BCUT2D eigenvalue weighted by Crippen LogP contribution is 2.44. The molecule has 7 heteroatoms. The Bertz CT molecular complexity index is 1220. The summed E-state index contributed by atoms with van der Waals surface area (Å²) < 4.78 is 11.5. The number of anilines is 1. The van der Waals surface area contributed by atoms with Crippen molar-refractivity contribution < 1.29 is 24.2 Å². The SMILES string of the molecule is COc1ccc([C@@H]2C(=C(O)c3ccccc3)C(=O)C(=O)N2c2cccc(Br)c2)cc1OC. The van der Waals surface area contributed by atoms with Gasteiger partial charge >= 0.3 is 0 Å². The maximum absolute atomic E-state index is 13.2. The Morgan fingerprint density at radius 3 is 2.28 bits per heavy atom. The van der Waals surface area contributed by atoms with Crippen LogP contribution in [-0.4, -0.2) is 31.0 Å². The van der Waals surface area contributed by atoms with Crippen molar-refractivity contribution >= 4 is 39.1 Å². The van der Waals surface area contributed by atoms with Gasteiger partial charge in [-0.25, -0.2) is 0 Å². The molecule has 32 heavy (non-hydrogen) atoms. The van der Waals surface area contributed by atoms with Crippen molar-refractivity contribution in [2.24, 2.45) is 0 Å². The monoisotopic (exact) mass is 493 g/mol. The van der Waals surface area contributed by atoms with Gasteiger partial charge in [-0.1, -0.05) is 58.4 Å². The molecule has 3 aromatic carbocycles. The van der Waals surface area contributed by atoms with Gasteiger partial charge in [0.05, 0.1) is 25.8 Å². The van der Waals surface area contributed by atoms with Gasteiger partial charge in [-0.15, -0.1) is 0 Å². The molecule has 4 rings (SSSR count). The van der Waals surface area contributed by atoms with E-state index in [9.17, 15) is 14.7 Å². The fourth-order valence-electron chi connectivity index (χ4n) is 3.81. The van der Waals surface area contributed by atoms with E-state index in [0.717, 1.165) is 4.47 Å². The van der Waals surface area contributed by atoms with E-state index in [-0.39, 0.29) is 11.3 Å². The number of ketones is 1. The predicted octanol–water partition coefficient (Wildman–Crippen LogP) is 5.09. The number of hydrogen-bond donors (Lipinski definition) is 1. The summed E-state index contributed by atoms with van der Waals surface area (Å²) in [4.78, 5) is 27.7. The molecule has 0 spiro atoms. The van der Waals surface area contributed by atoms with Gasteiger partial charge in [0.25, 0.3) is 11.7 Å². The molecule has 0 bridgehead atoms. The van der Waals surface area contributed by atoms with Gasteiger partial charge in [-0.3, -0.25) is 14.5 Å². The summed E-state index contributed by atoms with van der Waals surface area (Å²) in [7, 11) is 3.04. The highest BCUT2D eigenvalue weighted by atomic mass is 79.9. The van der Waals surface area contributed by atoms with Crippen LogP contribution >= 0.6 is 15.9 Å². The molecule has 162 valence electrons. The summed E-state index contributed by atoms with van der Waals surface area (Å²) in [6, 6.07) is 20.1. The number of hydrogen-bond acceptors (Lipinski definition) is 5. The fraction of sp³-hybridized carbons (Fsp3) is 0.120. The molecule has 3 aromatic rings. The molecule has 0 unspecified atom stereocenters. The first-order valence-electron chi connectivity index (χ1n) is 9.80. The van der Waals surface area contributed by atoms with Crippen LogP contribution in [-0.2, 0) is 9.59 Å². The van der Waals surface area contributed by atoms with Crippen molar-refractivity contribution in [1.29, 1.82) is 0 Å². The van der Waals surface area contributed by atoms with Crippen LogP contribution in [0.5, 0.6) is 11.5 Å². The summed E-state index contributed by atoms with van der Waals surface area (Å²) in [5, 5.41) is 11.1. The molecule has 1 saturated heterocycles. The summed E-state index contributed by atoms with van der Waals surface area (Å²) in [6.07, 6.45) is 0. The Kier molecular flexibility index (Phi) is 6.01. The number of carbonyl (C=O) groups excluding carboxylic acids is 2. The van der Waals surface area contributed by atoms with E-state index in [1.807, 2.05) is 12.1 Å². The smallest absolute Gasteiger partial charge is 0.300 e. The van der Waals surface area contributed by atoms with Crippen molar-refractivity contribution in [2.75, 3.05) is 19.1 Å². The topological polar surface area (TPSA) is 76.1 Å². The Labute approximate surface area is 193 Å². The van der Waals surface area contributed by atoms with Crippen LogP contribution in [0.2, 0.25) is 0 Å². The number of benzene rings is 3. The Balaban J connectivity index is 1.97. The molecule has 0 radical (unpaired) electrons. The van der Waals surface area contributed by atoms with E-state index in [1.165, 1.54) is 19.1 Å². The van der Waals surface area contributed by atoms with E-state index < -0.39 is 17.7 Å². The summed E-state index contributed by atoms with van der Waals surface area (Å²) in [6.45, 7) is 0. The molecule has 1 aliphatic heterocycles. The minimum atomic E-state index is -0.857. The van der Waals surface area contributed by atoms with E-state index in [0.29, 0.717) is 28.3 Å². The first-order valence-corrected chi connectivity index (χ1v) is 10.6. The molecule has 0 aliphatic carbocycles. The second-order valence-corrected chi connectivity index (χ2v) is 8.05. The number of aliphatic hydroxyl groups excluding tert-OH is 1.